The second-order valence-electron chi connectivity index (χ2n) is 7.26. The van der Waals surface area contributed by atoms with E-state index in [2.05, 4.69) is 23.3 Å². The molecule has 1 N–H and O–H groups in total. The Hall–Kier alpha value is -1.95. The summed E-state index contributed by atoms with van der Waals surface area (Å²) in [5.74, 6) is 0.196. The molecule has 0 unspecified atom stereocenters. The van der Waals surface area contributed by atoms with Crippen molar-refractivity contribution in [2.45, 2.75) is 38.8 Å². The number of β-amino-alcohol motifs (C(OH)–C–C–N with tert-alkyl or cyclic N) is 1. The smallest absolute Gasteiger partial charge is 0.197 e. The highest BCUT2D eigenvalue weighted by Gasteiger charge is 2.30. The van der Waals surface area contributed by atoms with E-state index in [1.54, 1.807) is 17.6 Å². The number of hydrogen-bond acceptors (Lipinski definition) is 5. The van der Waals surface area contributed by atoms with Crippen LogP contribution < -0.4 is 5.43 Å². The van der Waals surface area contributed by atoms with Crippen molar-refractivity contribution in [1.82, 2.24) is 4.90 Å². The standard InChI is InChI=1S/C21H23NO3S/c1-13-3-4-19-17(9-13)20(24)15(12-25-19)10-22-7-5-16(18(23)11-22)21-14(2)6-8-26-21/h3-4,6,8-9,12,16,18,23H,5,7,10-11H2,1-2H3/t16-,18-/m1/s1. The number of nitrogens with zero attached hydrogens (tertiary/aromatic N) is 1. The van der Waals surface area contributed by atoms with E-state index in [0.29, 0.717) is 29.6 Å². The van der Waals surface area contributed by atoms with Gasteiger partial charge in [0.1, 0.15) is 5.58 Å². The number of fused-ring (bicyclic) bond motifs is 1. The first-order valence-electron chi connectivity index (χ1n) is 8.98. The molecule has 5 heteroatoms. The Labute approximate surface area is 156 Å². The van der Waals surface area contributed by atoms with Crippen molar-refractivity contribution in [1.29, 1.82) is 0 Å². The highest BCUT2D eigenvalue weighted by Crippen LogP contribution is 2.34. The van der Waals surface area contributed by atoms with Gasteiger partial charge in [-0.3, -0.25) is 9.69 Å². The fourth-order valence-corrected chi connectivity index (χ4v) is 4.97. The number of aliphatic hydroxyl groups is 1. The molecule has 136 valence electrons. The van der Waals surface area contributed by atoms with Crippen LogP contribution in [-0.4, -0.2) is 29.2 Å². The molecule has 3 aromatic rings. The predicted molar refractivity (Wildman–Crippen MR) is 105 cm³/mol. The minimum Gasteiger partial charge on any atom is -0.464 e. The van der Waals surface area contributed by atoms with Gasteiger partial charge in [-0.15, -0.1) is 11.3 Å². The molecule has 26 heavy (non-hydrogen) atoms. The maximum absolute atomic E-state index is 12.8. The van der Waals surface area contributed by atoms with Crippen molar-refractivity contribution in [2.24, 2.45) is 0 Å². The van der Waals surface area contributed by atoms with E-state index in [0.717, 1.165) is 18.5 Å². The number of thiophene rings is 1. The molecule has 0 spiro atoms. The largest absolute Gasteiger partial charge is 0.464 e. The minimum atomic E-state index is -0.407. The average Bonchev–Trinajstić information content (AvgIpc) is 3.04. The molecule has 1 aliphatic heterocycles. The van der Waals surface area contributed by atoms with Gasteiger partial charge in [0.25, 0.3) is 0 Å². The number of aliphatic hydroxyl groups excluding tert-OH is 1. The molecule has 4 rings (SSSR count). The minimum absolute atomic E-state index is 0.0284. The zero-order valence-electron chi connectivity index (χ0n) is 15.1. The molecule has 4 nitrogen and oxygen atoms in total. The highest BCUT2D eigenvalue weighted by molar-refractivity contribution is 7.10. The van der Waals surface area contributed by atoms with Crippen LogP contribution in [0.2, 0.25) is 0 Å². The van der Waals surface area contributed by atoms with Gasteiger partial charge < -0.3 is 9.52 Å². The summed E-state index contributed by atoms with van der Waals surface area (Å²) in [5.41, 5.74) is 3.61. The van der Waals surface area contributed by atoms with Gasteiger partial charge in [0.05, 0.1) is 17.8 Å². The van der Waals surface area contributed by atoms with Crippen molar-refractivity contribution in [3.63, 3.8) is 0 Å². The Bertz CT molecular complexity index is 990. The molecule has 0 saturated carbocycles. The summed E-state index contributed by atoms with van der Waals surface area (Å²) in [4.78, 5) is 16.2. The summed E-state index contributed by atoms with van der Waals surface area (Å²) < 4.78 is 5.66. The fourth-order valence-electron chi connectivity index (χ4n) is 3.85. The van der Waals surface area contributed by atoms with Crippen molar-refractivity contribution >= 4 is 22.3 Å². The molecule has 1 aromatic carbocycles. The molecule has 1 fully saturated rings. The van der Waals surface area contributed by atoms with Gasteiger partial charge in [0.2, 0.25) is 0 Å². The molecular formula is C21H23NO3S. The SMILES string of the molecule is Cc1ccc2occ(CN3CC[C@@H](c4sccc4C)[C@H](O)C3)c(=O)c2c1. The quantitative estimate of drug-likeness (QED) is 0.762. The van der Waals surface area contributed by atoms with E-state index in [1.807, 2.05) is 25.1 Å². The van der Waals surface area contributed by atoms with E-state index < -0.39 is 6.10 Å². The van der Waals surface area contributed by atoms with Crippen molar-refractivity contribution < 1.29 is 9.52 Å². The lowest BCUT2D eigenvalue weighted by Gasteiger charge is -2.35. The lowest BCUT2D eigenvalue weighted by molar-refractivity contribution is 0.0482. The van der Waals surface area contributed by atoms with Crippen molar-refractivity contribution in [3.05, 3.63) is 67.7 Å². The van der Waals surface area contributed by atoms with Crippen LogP contribution in [0.15, 0.2) is 45.1 Å². The number of aryl methyl sites for hydroxylation is 2. The summed E-state index contributed by atoms with van der Waals surface area (Å²) in [6.45, 7) is 6.03. The summed E-state index contributed by atoms with van der Waals surface area (Å²) in [6.07, 6.45) is 2.07. The molecule has 0 amide bonds. The van der Waals surface area contributed by atoms with Crippen molar-refractivity contribution in [2.75, 3.05) is 13.1 Å². The van der Waals surface area contributed by atoms with E-state index in [1.165, 1.54) is 10.4 Å². The summed E-state index contributed by atoms with van der Waals surface area (Å²) in [6, 6.07) is 7.78. The topological polar surface area (TPSA) is 53.7 Å². The molecule has 2 atom stereocenters. The van der Waals surface area contributed by atoms with Crippen LogP contribution in [0.4, 0.5) is 0 Å². The monoisotopic (exact) mass is 369 g/mol. The number of likely N-dealkylation sites (tertiary alicyclic amines) is 1. The molecule has 1 saturated heterocycles. The molecular weight excluding hydrogens is 346 g/mol. The van der Waals surface area contributed by atoms with Gasteiger partial charge in [0, 0.05) is 29.4 Å². The number of hydrogen-bond donors (Lipinski definition) is 1. The van der Waals surface area contributed by atoms with Crippen LogP contribution in [-0.2, 0) is 6.54 Å². The first-order valence-corrected chi connectivity index (χ1v) is 9.86. The number of rotatable bonds is 3. The fraction of sp³-hybridized carbons (Fsp3) is 0.381. The van der Waals surface area contributed by atoms with Crippen LogP contribution in [0.25, 0.3) is 11.0 Å². The Morgan fingerprint density at radius 1 is 1.31 bits per heavy atom. The third kappa shape index (κ3) is 3.22. The Balaban J connectivity index is 1.52. The van der Waals surface area contributed by atoms with E-state index in [-0.39, 0.29) is 11.3 Å². The van der Waals surface area contributed by atoms with Gasteiger partial charge in [-0.05, 0) is 56.0 Å². The van der Waals surface area contributed by atoms with Gasteiger partial charge in [0.15, 0.2) is 5.43 Å². The van der Waals surface area contributed by atoms with Crippen LogP contribution in [0.3, 0.4) is 0 Å². The molecule has 1 aliphatic rings. The Morgan fingerprint density at radius 2 is 2.15 bits per heavy atom. The van der Waals surface area contributed by atoms with Crippen LogP contribution in [0.1, 0.15) is 33.9 Å². The van der Waals surface area contributed by atoms with Gasteiger partial charge in [-0.1, -0.05) is 11.6 Å². The molecule has 3 heterocycles. The van der Waals surface area contributed by atoms with Gasteiger partial charge in [-0.25, -0.2) is 0 Å². The Kier molecular flexibility index (Phi) is 4.69. The molecule has 0 aliphatic carbocycles. The first-order chi connectivity index (χ1) is 12.5. The van der Waals surface area contributed by atoms with Crippen LogP contribution >= 0.6 is 11.3 Å². The first kappa shape index (κ1) is 17.5. The number of benzene rings is 1. The maximum Gasteiger partial charge on any atom is 0.197 e. The lowest BCUT2D eigenvalue weighted by Crippen LogP contribution is -2.42. The summed E-state index contributed by atoms with van der Waals surface area (Å²) >= 11 is 1.73. The zero-order chi connectivity index (χ0) is 18.3. The van der Waals surface area contributed by atoms with Crippen LogP contribution in [0.5, 0.6) is 0 Å². The van der Waals surface area contributed by atoms with E-state index in [4.69, 9.17) is 4.42 Å². The summed E-state index contributed by atoms with van der Waals surface area (Å²) in [5, 5.41) is 13.4. The van der Waals surface area contributed by atoms with E-state index in [9.17, 15) is 9.90 Å². The molecule has 0 bridgehead atoms. The molecule has 0 radical (unpaired) electrons. The van der Waals surface area contributed by atoms with E-state index >= 15 is 0 Å². The zero-order valence-corrected chi connectivity index (χ0v) is 15.9. The Morgan fingerprint density at radius 3 is 2.88 bits per heavy atom. The predicted octanol–water partition coefficient (Wildman–Crippen LogP) is 3.82. The third-order valence-corrected chi connectivity index (χ3v) is 6.45. The number of piperidine rings is 1. The average molecular weight is 369 g/mol. The maximum atomic E-state index is 12.8. The summed E-state index contributed by atoms with van der Waals surface area (Å²) in [7, 11) is 0. The highest BCUT2D eigenvalue weighted by atomic mass is 32.1. The van der Waals surface area contributed by atoms with Gasteiger partial charge in [-0.2, -0.15) is 0 Å². The second kappa shape index (κ2) is 6.99. The second-order valence-corrected chi connectivity index (χ2v) is 8.20. The molecule has 2 aromatic heterocycles. The van der Waals surface area contributed by atoms with Crippen LogP contribution in [0, 0.1) is 13.8 Å². The lowest BCUT2D eigenvalue weighted by atomic mass is 9.90. The normalized spacial score (nSPS) is 21.3. The van der Waals surface area contributed by atoms with Crippen molar-refractivity contribution in [3.8, 4) is 0 Å². The third-order valence-electron chi connectivity index (χ3n) is 5.30. The van der Waals surface area contributed by atoms with Gasteiger partial charge >= 0.3 is 0 Å².